The van der Waals surface area contributed by atoms with Gasteiger partial charge in [-0.3, -0.25) is 36.5 Å². The van der Waals surface area contributed by atoms with Gasteiger partial charge in [-0.2, -0.15) is 0 Å². The second kappa shape index (κ2) is 15.7. The molecular formula is C5H27NO25P8. The molecule has 26 nitrogen and oxygen atoms in total. The van der Waals surface area contributed by atoms with Gasteiger partial charge in [0.05, 0.1) is 0 Å². The molecule has 0 spiro atoms. The summed E-state index contributed by atoms with van der Waals surface area (Å²) in [7, 11) is -38.3. The molecule has 39 heavy (non-hydrogen) atoms. The fourth-order valence-electron chi connectivity index (χ4n) is 0.846. The molecule has 0 aliphatic heterocycles. The second-order valence-corrected chi connectivity index (χ2v) is 22.3. The van der Waals surface area contributed by atoms with Gasteiger partial charge in [0.15, 0.2) is 11.8 Å². The third kappa shape index (κ3) is 29.0. The van der Waals surface area contributed by atoms with E-state index in [0.29, 0.717) is 6.92 Å². The molecule has 19 N–H and O–H groups in total. The Morgan fingerprint density at radius 3 is 0.641 bits per heavy atom. The zero-order valence-corrected chi connectivity index (χ0v) is 25.7. The summed E-state index contributed by atoms with van der Waals surface area (Å²) in [5.41, 5.74) is 2.10. The van der Waals surface area contributed by atoms with Crippen molar-refractivity contribution in [2.75, 3.05) is 11.8 Å². The normalized spacial score (nSPS) is 14.3. The molecule has 0 aromatic rings. The van der Waals surface area contributed by atoms with Crippen molar-refractivity contribution >= 4 is 60.8 Å². The Bertz CT molecular complexity index is 1010. The fourth-order valence-corrected chi connectivity index (χ4v) is 7.61. The van der Waals surface area contributed by atoms with Crippen LogP contribution in [0.5, 0.6) is 0 Å². The summed E-state index contributed by atoms with van der Waals surface area (Å²) in [6.45, 7) is 0.383. The minimum atomic E-state index is -5.20. The first kappa shape index (κ1) is 47.1. The van der Waals surface area contributed by atoms with Crippen molar-refractivity contribution in [2.45, 2.75) is 17.5 Å². The maximum atomic E-state index is 10.3. The lowest BCUT2D eigenvalue weighted by Gasteiger charge is -2.24. The Kier molecular flexibility index (Phi) is 19.0. The molecule has 34 heteroatoms. The molecule has 0 bridgehead atoms. The molecule has 0 atom stereocenters. The smallest absolute Gasteiger partial charge is 0.368 e. The van der Waals surface area contributed by atoms with E-state index in [1.807, 2.05) is 0 Å². The summed E-state index contributed by atoms with van der Waals surface area (Å²) in [4.78, 5) is 129. The standard InChI is InChI=1S/C2H8O7P2.CH7NO6P2.2CH6O6P2/c1-2(3,10(4,5)6)11(7,8)9;2-1(9(3,4)5)10(6,7)8;2*2-8(3,4)1-9(5,6)7/h3H,1H3,(H2,4,5,6)(H2,7,8,9);1H,2H2,(H2,3,4,5)(H2,6,7,8);2*1H2,(H2,2,3,4)(H2,5,6,7). The van der Waals surface area contributed by atoms with E-state index in [-0.39, 0.29) is 0 Å². The molecule has 0 rings (SSSR count). The molecule has 0 aromatic carbocycles. The summed E-state index contributed by atoms with van der Waals surface area (Å²) >= 11 is 0. The monoisotopic (exact) mass is 749 g/mol. The van der Waals surface area contributed by atoms with Crippen LogP contribution in [0.2, 0.25) is 0 Å². The van der Waals surface area contributed by atoms with Crippen molar-refractivity contribution in [3.05, 3.63) is 0 Å². The molecule has 0 saturated heterocycles. The highest BCUT2D eigenvalue weighted by Crippen LogP contribution is 2.67. The number of hydrogen-bond donors (Lipinski definition) is 18. The van der Waals surface area contributed by atoms with Crippen molar-refractivity contribution in [1.82, 2.24) is 0 Å². The van der Waals surface area contributed by atoms with Gasteiger partial charge in [-0.05, 0) is 6.92 Å². The Morgan fingerprint density at radius 1 is 0.487 bits per heavy atom. The van der Waals surface area contributed by atoms with Gasteiger partial charge >= 0.3 is 60.8 Å². The Morgan fingerprint density at radius 2 is 0.641 bits per heavy atom. The first-order chi connectivity index (χ1) is 16.1. The Balaban J connectivity index is -0.000000210. The van der Waals surface area contributed by atoms with Crippen LogP contribution in [-0.4, -0.2) is 106 Å². The largest absolute Gasteiger partial charge is 0.369 e. The molecule has 0 unspecified atom stereocenters. The summed E-state index contributed by atoms with van der Waals surface area (Å²) in [5, 5.41) is 5.37. The average molecular weight is 749 g/mol. The maximum Gasteiger partial charge on any atom is 0.369 e. The Hall–Kier alpha value is 1.12. The van der Waals surface area contributed by atoms with E-state index in [1.54, 1.807) is 0 Å². The van der Waals surface area contributed by atoms with Crippen LogP contribution in [0.4, 0.5) is 0 Å². The van der Waals surface area contributed by atoms with E-state index in [4.69, 9.17) is 83.4 Å². The van der Waals surface area contributed by atoms with Crippen LogP contribution in [0.25, 0.3) is 0 Å². The minimum Gasteiger partial charge on any atom is -0.368 e. The van der Waals surface area contributed by atoms with Crippen LogP contribution in [0.3, 0.4) is 0 Å². The molecule has 0 aromatic heterocycles. The molecule has 0 saturated carbocycles. The maximum absolute atomic E-state index is 10.3. The van der Waals surface area contributed by atoms with Crippen molar-refractivity contribution in [3.63, 3.8) is 0 Å². The van der Waals surface area contributed by atoms with Gasteiger partial charge in [0.1, 0.15) is 0 Å². The lowest BCUT2D eigenvalue weighted by molar-refractivity contribution is 0.146. The minimum absolute atomic E-state index is 0.383. The van der Waals surface area contributed by atoms with Crippen LogP contribution < -0.4 is 5.73 Å². The first-order valence-corrected chi connectivity index (χ1v) is 21.7. The SMILES string of the molecule is CC(O)(P(=O)(O)O)P(=O)(O)O.NC(P(=O)(O)O)P(=O)(O)O.O=P(O)(O)CP(=O)(O)O.O=P(O)(O)CP(=O)(O)O. The highest BCUT2D eigenvalue weighted by Gasteiger charge is 2.55. The molecule has 0 radical (unpaired) electrons. The van der Waals surface area contributed by atoms with Crippen molar-refractivity contribution < 1.29 is 120 Å². The van der Waals surface area contributed by atoms with Crippen LogP contribution >= 0.6 is 60.8 Å². The predicted molar refractivity (Wildman–Crippen MR) is 125 cm³/mol. The Labute approximate surface area is 216 Å². The van der Waals surface area contributed by atoms with Gasteiger partial charge in [0, 0.05) is 0 Å². The fraction of sp³-hybridized carbons (Fsp3) is 1.00. The van der Waals surface area contributed by atoms with E-state index < -0.39 is 83.2 Å². The lowest BCUT2D eigenvalue weighted by atomic mass is 10.9. The zero-order chi connectivity index (χ0) is 33.5. The third-order valence-electron chi connectivity index (χ3n) is 2.53. The highest BCUT2D eigenvalue weighted by molar-refractivity contribution is 7.72. The summed E-state index contributed by atoms with van der Waals surface area (Å²) in [5.74, 6) is -2.75. The molecule has 0 amide bonds. The number of nitrogens with two attached hydrogens (primary N) is 1. The molecule has 0 aliphatic carbocycles. The van der Waals surface area contributed by atoms with Gasteiger partial charge in [-0.15, -0.1) is 0 Å². The second-order valence-electron chi connectivity index (χ2n) is 6.59. The van der Waals surface area contributed by atoms with E-state index in [2.05, 4.69) is 5.73 Å². The molecule has 242 valence electrons. The van der Waals surface area contributed by atoms with E-state index in [1.165, 1.54) is 0 Å². The predicted octanol–water partition coefficient (Wildman–Crippen LogP) is -3.81. The third-order valence-corrected chi connectivity index (χ3v) is 15.4. The molecule has 0 heterocycles. The quantitative estimate of drug-likeness (QED) is 0.106. The van der Waals surface area contributed by atoms with Crippen LogP contribution in [0.1, 0.15) is 6.92 Å². The number of rotatable bonds is 8. The van der Waals surface area contributed by atoms with Crippen molar-refractivity contribution in [2.24, 2.45) is 5.73 Å². The van der Waals surface area contributed by atoms with Gasteiger partial charge in [-0.1, -0.05) is 0 Å². The summed E-state index contributed by atoms with van der Waals surface area (Å²) in [6.07, 6.45) is 0. The van der Waals surface area contributed by atoms with E-state index in [9.17, 15) is 36.5 Å². The molecule has 0 fully saturated rings. The molecular weight excluding hydrogens is 722 g/mol. The topological polar surface area (TPSA) is 506 Å². The number of aliphatic hydroxyl groups is 1. The zero-order valence-electron chi connectivity index (χ0n) is 18.5. The first-order valence-electron chi connectivity index (χ1n) is 7.95. The highest BCUT2D eigenvalue weighted by atomic mass is 31.3. The van der Waals surface area contributed by atoms with Crippen molar-refractivity contribution in [3.8, 4) is 0 Å². The van der Waals surface area contributed by atoms with Crippen LogP contribution in [-0.2, 0) is 36.5 Å². The molecule has 0 aliphatic rings. The van der Waals surface area contributed by atoms with Crippen LogP contribution in [0, 0.1) is 0 Å². The number of hydrogen-bond acceptors (Lipinski definition) is 10. The van der Waals surface area contributed by atoms with Gasteiger partial charge < -0.3 is 89.1 Å². The van der Waals surface area contributed by atoms with Gasteiger partial charge in [-0.25, -0.2) is 0 Å². The average Bonchev–Trinajstić information content (AvgIpc) is 2.44. The summed E-state index contributed by atoms with van der Waals surface area (Å²) < 4.78 is 80.0. The van der Waals surface area contributed by atoms with Gasteiger partial charge in [0.2, 0.25) is 5.52 Å². The van der Waals surface area contributed by atoms with Gasteiger partial charge in [0.25, 0.3) is 5.08 Å². The van der Waals surface area contributed by atoms with Crippen molar-refractivity contribution in [1.29, 1.82) is 0 Å². The van der Waals surface area contributed by atoms with Crippen LogP contribution in [0.15, 0.2) is 0 Å². The lowest BCUT2D eigenvalue weighted by Crippen LogP contribution is -2.23. The van der Waals surface area contributed by atoms with E-state index in [0.717, 1.165) is 0 Å². The summed E-state index contributed by atoms with van der Waals surface area (Å²) in [6, 6.07) is 0. The van der Waals surface area contributed by atoms with E-state index >= 15 is 0 Å².